The van der Waals surface area contributed by atoms with Crippen LogP contribution in [0.2, 0.25) is 0 Å². The number of carboxylic acid groups (broad SMARTS) is 1. The molecule has 0 aliphatic rings. The lowest BCUT2D eigenvalue weighted by Crippen LogP contribution is -2.30. The number of carbonyl (C=O) groups is 3. The van der Waals surface area contributed by atoms with Crippen molar-refractivity contribution in [2.24, 2.45) is 5.73 Å². The number of hydrogen-bond donors (Lipinski definition) is 4. The van der Waals surface area contributed by atoms with Crippen LogP contribution in [0.4, 0.5) is 10.5 Å². The maximum atomic E-state index is 11.6. The van der Waals surface area contributed by atoms with E-state index in [0.29, 0.717) is 19.4 Å². The van der Waals surface area contributed by atoms with Crippen molar-refractivity contribution in [2.75, 3.05) is 11.9 Å². The molecular weight excluding hydrogens is 262 g/mol. The van der Waals surface area contributed by atoms with E-state index in [4.69, 9.17) is 10.8 Å². The van der Waals surface area contributed by atoms with E-state index < -0.39 is 12.0 Å². The summed E-state index contributed by atoms with van der Waals surface area (Å²) in [5.41, 5.74) is 5.24. The molecule has 1 aromatic carbocycles. The largest absolute Gasteiger partial charge is 0.478 e. The lowest BCUT2D eigenvalue weighted by Gasteiger charge is -2.09. The number of hydrogen-bond acceptors (Lipinski definition) is 3. The Morgan fingerprint density at radius 2 is 1.85 bits per heavy atom. The monoisotopic (exact) mass is 279 g/mol. The Morgan fingerprint density at radius 1 is 1.15 bits per heavy atom. The van der Waals surface area contributed by atoms with Crippen LogP contribution >= 0.6 is 0 Å². The number of benzene rings is 1. The fraction of sp³-hybridized carbons (Fsp3) is 0.308. The summed E-state index contributed by atoms with van der Waals surface area (Å²) in [5, 5.41) is 14.0. The number of carboxylic acids is 1. The van der Waals surface area contributed by atoms with Gasteiger partial charge in [-0.1, -0.05) is 12.1 Å². The van der Waals surface area contributed by atoms with E-state index in [1.54, 1.807) is 12.1 Å². The normalized spacial score (nSPS) is 9.80. The molecule has 7 heteroatoms. The van der Waals surface area contributed by atoms with Crippen LogP contribution in [0, 0.1) is 0 Å². The second-order valence-corrected chi connectivity index (χ2v) is 4.16. The van der Waals surface area contributed by atoms with Gasteiger partial charge in [0.1, 0.15) is 0 Å². The molecule has 7 nitrogen and oxygen atoms in total. The predicted molar refractivity (Wildman–Crippen MR) is 73.5 cm³/mol. The van der Waals surface area contributed by atoms with Gasteiger partial charge in [-0.15, -0.1) is 0 Å². The molecule has 0 unspecified atom stereocenters. The molecule has 0 aromatic heterocycles. The average molecular weight is 279 g/mol. The summed E-state index contributed by atoms with van der Waals surface area (Å²) in [6.45, 7) is 0.383. The molecule has 5 N–H and O–H groups in total. The maximum absolute atomic E-state index is 11.6. The quantitative estimate of drug-likeness (QED) is 0.559. The van der Waals surface area contributed by atoms with Gasteiger partial charge in [-0.25, -0.2) is 9.59 Å². The third-order valence-electron chi connectivity index (χ3n) is 2.54. The van der Waals surface area contributed by atoms with Crippen molar-refractivity contribution in [2.45, 2.75) is 19.3 Å². The molecule has 0 radical (unpaired) electrons. The standard InChI is InChI=1S/C13H17N3O4/c14-11(17)7-3-4-8-15-13(20)16-10-6-2-1-5-9(10)12(18)19/h1-2,5-6H,3-4,7-8H2,(H2,14,17)(H,18,19)(H2,15,16,20). The van der Waals surface area contributed by atoms with Crippen LogP contribution in [-0.2, 0) is 4.79 Å². The number of nitrogens with one attached hydrogen (secondary N) is 2. The van der Waals surface area contributed by atoms with Crippen molar-refractivity contribution >= 4 is 23.6 Å². The lowest BCUT2D eigenvalue weighted by molar-refractivity contribution is -0.118. The minimum absolute atomic E-state index is 0.0244. The highest BCUT2D eigenvalue weighted by Crippen LogP contribution is 2.14. The number of carbonyl (C=O) groups excluding carboxylic acids is 2. The summed E-state index contributed by atoms with van der Waals surface area (Å²) in [7, 11) is 0. The number of aromatic carboxylic acids is 1. The van der Waals surface area contributed by atoms with Gasteiger partial charge in [0.25, 0.3) is 0 Å². The molecule has 0 heterocycles. The van der Waals surface area contributed by atoms with Crippen molar-refractivity contribution in [3.05, 3.63) is 29.8 Å². The average Bonchev–Trinajstić information content (AvgIpc) is 2.38. The van der Waals surface area contributed by atoms with Crippen LogP contribution in [0.5, 0.6) is 0 Å². The van der Waals surface area contributed by atoms with Crippen LogP contribution in [0.1, 0.15) is 29.6 Å². The summed E-state index contributed by atoms with van der Waals surface area (Å²) in [6.07, 6.45) is 1.50. The maximum Gasteiger partial charge on any atom is 0.337 e. The number of amides is 3. The molecule has 0 fully saturated rings. The number of anilines is 1. The predicted octanol–water partition coefficient (Wildman–Crippen LogP) is 1.16. The van der Waals surface area contributed by atoms with Crippen molar-refractivity contribution in [3.63, 3.8) is 0 Å². The summed E-state index contributed by atoms with van der Waals surface area (Å²) in [4.78, 5) is 33.0. The van der Waals surface area contributed by atoms with Gasteiger partial charge in [0.05, 0.1) is 11.3 Å². The molecule has 0 aliphatic heterocycles. The van der Waals surface area contributed by atoms with Gasteiger partial charge in [-0.2, -0.15) is 0 Å². The Bertz CT molecular complexity index is 502. The Morgan fingerprint density at radius 3 is 2.50 bits per heavy atom. The van der Waals surface area contributed by atoms with Gasteiger partial charge in [-0.3, -0.25) is 4.79 Å². The molecule has 0 spiro atoms. The molecule has 1 rings (SSSR count). The SMILES string of the molecule is NC(=O)CCCCNC(=O)Nc1ccccc1C(=O)O. The number of para-hydroxylation sites is 1. The smallest absolute Gasteiger partial charge is 0.337 e. The molecule has 1 aromatic rings. The molecule has 0 saturated heterocycles. The summed E-state index contributed by atoms with van der Waals surface area (Å²) in [6, 6.07) is 5.64. The fourth-order valence-corrected chi connectivity index (χ4v) is 1.57. The number of unbranched alkanes of at least 4 members (excludes halogenated alkanes) is 1. The summed E-state index contributed by atoms with van der Waals surface area (Å²) >= 11 is 0. The van der Waals surface area contributed by atoms with E-state index in [1.165, 1.54) is 12.1 Å². The lowest BCUT2D eigenvalue weighted by atomic mass is 10.2. The molecule has 108 valence electrons. The Kier molecular flexibility index (Phi) is 6.02. The van der Waals surface area contributed by atoms with Crippen LogP contribution in [0.15, 0.2) is 24.3 Å². The third kappa shape index (κ3) is 5.38. The van der Waals surface area contributed by atoms with E-state index in [9.17, 15) is 14.4 Å². The van der Waals surface area contributed by atoms with Gasteiger partial charge in [0.2, 0.25) is 5.91 Å². The zero-order valence-electron chi connectivity index (χ0n) is 10.9. The first-order valence-corrected chi connectivity index (χ1v) is 6.16. The molecule has 20 heavy (non-hydrogen) atoms. The van der Waals surface area contributed by atoms with Crippen molar-refractivity contribution in [1.29, 1.82) is 0 Å². The third-order valence-corrected chi connectivity index (χ3v) is 2.54. The first-order chi connectivity index (χ1) is 9.50. The molecular formula is C13H17N3O4. The molecule has 3 amide bonds. The van der Waals surface area contributed by atoms with Gasteiger partial charge in [0, 0.05) is 13.0 Å². The Hall–Kier alpha value is -2.57. The van der Waals surface area contributed by atoms with E-state index in [0.717, 1.165) is 0 Å². The molecule has 0 saturated carbocycles. The van der Waals surface area contributed by atoms with Gasteiger partial charge in [-0.05, 0) is 25.0 Å². The highest BCUT2D eigenvalue weighted by atomic mass is 16.4. The summed E-state index contributed by atoms with van der Waals surface area (Å²) in [5.74, 6) is -1.48. The van der Waals surface area contributed by atoms with Crippen LogP contribution in [-0.4, -0.2) is 29.6 Å². The van der Waals surface area contributed by atoms with Crippen molar-refractivity contribution in [1.82, 2.24) is 5.32 Å². The molecule has 0 bridgehead atoms. The van der Waals surface area contributed by atoms with E-state index in [-0.39, 0.29) is 23.6 Å². The molecule has 0 aliphatic carbocycles. The Balaban J connectivity index is 2.39. The van der Waals surface area contributed by atoms with Crippen molar-refractivity contribution < 1.29 is 19.5 Å². The highest BCUT2D eigenvalue weighted by molar-refractivity contribution is 5.99. The first kappa shape index (κ1) is 15.5. The van der Waals surface area contributed by atoms with E-state index in [1.807, 2.05) is 0 Å². The zero-order valence-corrected chi connectivity index (χ0v) is 10.9. The van der Waals surface area contributed by atoms with Gasteiger partial charge in [0.15, 0.2) is 0 Å². The van der Waals surface area contributed by atoms with Crippen LogP contribution in [0.25, 0.3) is 0 Å². The van der Waals surface area contributed by atoms with Crippen molar-refractivity contribution in [3.8, 4) is 0 Å². The molecule has 0 atom stereocenters. The number of nitrogens with two attached hydrogens (primary N) is 1. The number of primary amides is 1. The zero-order chi connectivity index (χ0) is 15.0. The minimum Gasteiger partial charge on any atom is -0.478 e. The van der Waals surface area contributed by atoms with E-state index >= 15 is 0 Å². The minimum atomic E-state index is -1.11. The topological polar surface area (TPSA) is 122 Å². The van der Waals surface area contributed by atoms with Crippen LogP contribution < -0.4 is 16.4 Å². The van der Waals surface area contributed by atoms with Gasteiger partial charge >= 0.3 is 12.0 Å². The number of urea groups is 1. The fourth-order valence-electron chi connectivity index (χ4n) is 1.57. The second kappa shape index (κ2) is 7.78. The van der Waals surface area contributed by atoms with Gasteiger partial charge < -0.3 is 21.5 Å². The summed E-state index contributed by atoms with van der Waals surface area (Å²) < 4.78 is 0. The Labute approximate surface area is 116 Å². The van der Waals surface area contributed by atoms with Crippen LogP contribution in [0.3, 0.4) is 0 Å². The second-order valence-electron chi connectivity index (χ2n) is 4.16. The first-order valence-electron chi connectivity index (χ1n) is 6.16. The van der Waals surface area contributed by atoms with E-state index in [2.05, 4.69) is 10.6 Å². The number of rotatable bonds is 7. The highest BCUT2D eigenvalue weighted by Gasteiger charge is 2.10.